The lowest BCUT2D eigenvalue weighted by Gasteiger charge is -2.28. The van der Waals surface area contributed by atoms with Crippen molar-refractivity contribution in [1.29, 1.82) is 0 Å². The summed E-state index contributed by atoms with van der Waals surface area (Å²) in [5.41, 5.74) is 3.10. The molecule has 0 saturated carbocycles. The number of hydrogen-bond donors (Lipinski definition) is 0. The van der Waals surface area contributed by atoms with Gasteiger partial charge in [0.15, 0.2) is 0 Å². The zero-order valence-electron chi connectivity index (χ0n) is 44.9. The topological polar surface area (TPSA) is 0 Å². The number of rotatable bonds is 12. The fraction of sp³-hybridized carbons (Fsp3) is 1.00. The summed E-state index contributed by atoms with van der Waals surface area (Å²) >= 11 is 0. The van der Waals surface area contributed by atoms with Gasteiger partial charge in [-0.1, -0.05) is 359 Å². The van der Waals surface area contributed by atoms with E-state index in [9.17, 15) is 0 Å². The molecule has 0 nitrogen and oxygen atoms in total. The molecule has 0 unspecified atom stereocenters. The van der Waals surface area contributed by atoms with Crippen LogP contribution in [0, 0.1) is 68.0 Å². The van der Waals surface area contributed by atoms with Crippen LogP contribution in [-0.2, 0) is 0 Å². The first-order valence-electron chi connectivity index (χ1n) is 24.1. The van der Waals surface area contributed by atoms with Gasteiger partial charge in [-0.15, -0.1) is 0 Å². The van der Waals surface area contributed by atoms with Crippen LogP contribution in [0.2, 0.25) is 0 Å². The third-order valence-electron chi connectivity index (χ3n) is 13.3. The van der Waals surface area contributed by atoms with E-state index < -0.39 is 0 Å². The van der Waals surface area contributed by atoms with Crippen LogP contribution in [0.3, 0.4) is 0 Å². The SMILES string of the molecule is C.C.C.C.C.C.C.C.C.C.CCC(CC)C(C)(C)C.CCC(CC)C(C)(C)C.CCC(CC)C(C)(C)C.CCC(CC)C(C)(C)C.CCC(CC)C(C)(C)C.CCC(CC)C(C)(C)C. The van der Waals surface area contributed by atoms with Crippen molar-refractivity contribution in [2.45, 2.75) is 359 Å². The smallest absolute Gasteiger partial charge is 0.0354 e. The van der Waals surface area contributed by atoms with Gasteiger partial charge in [0, 0.05) is 0 Å². The van der Waals surface area contributed by atoms with Crippen molar-refractivity contribution in [2.75, 3.05) is 0 Å². The van der Waals surface area contributed by atoms with Gasteiger partial charge in [0.05, 0.1) is 0 Å². The highest BCUT2D eigenvalue weighted by Gasteiger charge is 2.23. The monoisotopic (exact) mass is 929 g/mol. The predicted molar refractivity (Wildman–Crippen MR) is 328 cm³/mol. The summed E-state index contributed by atoms with van der Waals surface area (Å²) in [6.45, 7) is 69.2. The molecule has 0 amide bonds. The molecular formula is C64H160. The van der Waals surface area contributed by atoms with Gasteiger partial charge in [-0.2, -0.15) is 0 Å². The molecule has 0 aromatic heterocycles. The van der Waals surface area contributed by atoms with E-state index in [1.54, 1.807) is 0 Å². The molecule has 0 aromatic rings. The summed E-state index contributed by atoms with van der Waals surface area (Å²) in [4.78, 5) is 0. The van der Waals surface area contributed by atoms with Gasteiger partial charge in [0.25, 0.3) is 0 Å². The molecule has 0 bridgehead atoms. The van der Waals surface area contributed by atoms with Crippen LogP contribution in [0.25, 0.3) is 0 Å². The Labute approximate surface area is 425 Å². The molecule has 0 aliphatic carbocycles. The van der Waals surface area contributed by atoms with Crippen molar-refractivity contribution in [2.24, 2.45) is 68.0 Å². The van der Waals surface area contributed by atoms with E-state index in [1.807, 2.05) is 0 Å². The van der Waals surface area contributed by atoms with Crippen LogP contribution in [-0.4, -0.2) is 0 Å². The molecule has 0 N–H and O–H groups in total. The summed E-state index contributed by atoms with van der Waals surface area (Å²) in [6.07, 6.45) is 15.8. The second-order valence-electron chi connectivity index (χ2n) is 23.3. The Morgan fingerprint density at radius 1 is 0.156 bits per heavy atom. The van der Waals surface area contributed by atoms with Crippen LogP contribution in [0.4, 0.5) is 0 Å². The van der Waals surface area contributed by atoms with Crippen LogP contribution in [0.5, 0.6) is 0 Å². The van der Waals surface area contributed by atoms with E-state index in [2.05, 4.69) is 208 Å². The van der Waals surface area contributed by atoms with Gasteiger partial charge in [-0.3, -0.25) is 0 Å². The second-order valence-corrected chi connectivity index (χ2v) is 23.3. The first-order valence-corrected chi connectivity index (χ1v) is 24.1. The zero-order chi connectivity index (χ0) is 44.9. The molecule has 0 heterocycles. The Morgan fingerprint density at radius 3 is 0.203 bits per heavy atom. The fourth-order valence-electron chi connectivity index (χ4n) is 9.08. The lowest BCUT2D eigenvalue weighted by atomic mass is 9.78. The molecule has 64 heavy (non-hydrogen) atoms. The van der Waals surface area contributed by atoms with Crippen molar-refractivity contribution >= 4 is 0 Å². The van der Waals surface area contributed by atoms with Crippen molar-refractivity contribution < 1.29 is 0 Å². The Morgan fingerprint density at radius 2 is 0.203 bits per heavy atom. The highest BCUT2D eigenvalue weighted by atomic mass is 14.3. The van der Waals surface area contributed by atoms with E-state index in [1.165, 1.54) is 77.0 Å². The molecule has 0 heteroatoms. The third-order valence-corrected chi connectivity index (χ3v) is 13.3. The molecule has 0 saturated heterocycles. The van der Waals surface area contributed by atoms with Crippen molar-refractivity contribution in [3.63, 3.8) is 0 Å². The van der Waals surface area contributed by atoms with Gasteiger partial charge < -0.3 is 0 Å². The van der Waals surface area contributed by atoms with Gasteiger partial charge in [-0.05, 0) is 68.0 Å². The normalized spacial score (nSPS) is 10.7. The maximum absolute atomic E-state index is 2.32. The van der Waals surface area contributed by atoms with Gasteiger partial charge >= 0.3 is 0 Å². The third kappa shape index (κ3) is 64.1. The molecule has 0 fully saturated rings. The molecule has 0 spiro atoms. The minimum Gasteiger partial charge on any atom is -0.0776 e. The van der Waals surface area contributed by atoms with Crippen LogP contribution in [0.1, 0.15) is 359 Å². The van der Waals surface area contributed by atoms with Crippen LogP contribution in [0.15, 0.2) is 0 Å². The average Bonchev–Trinajstić information content (AvgIpc) is 2.98. The van der Waals surface area contributed by atoms with Crippen molar-refractivity contribution in [3.05, 3.63) is 0 Å². The van der Waals surface area contributed by atoms with Gasteiger partial charge in [0.2, 0.25) is 0 Å². The summed E-state index contributed by atoms with van der Waals surface area (Å²) in [5, 5.41) is 0. The van der Waals surface area contributed by atoms with E-state index in [-0.39, 0.29) is 74.3 Å². The molecule has 416 valence electrons. The first kappa shape index (κ1) is 110. The van der Waals surface area contributed by atoms with Crippen molar-refractivity contribution in [1.82, 2.24) is 0 Å². The highest BCUT2D eigenvalue weighted by molar-refractivity contribution is 4.74. The average molecular weight is 930 g/mol. The zero-order valence-corrected chi connectivity index (χ0v) is 44.9. The molecule has 0 aromatic carbocycles. The predicted octanol–water partition coefficient (Wildman–Crippen LogP) is 27.2. The highest BCUT2D eigenvalue weighted by Crippen LogP contribution is 2.34. The van der Waals surface area contributed by atoms with Crippen LogP contribution < -0.4 is 0 Å². The van der Waals surface area contributed by atoms with E-state index in [4.69, 9.17) is 0 Å². The second kappa shape index (κ2) is 55.6. The Hall–Kier alpha value is 0. The molecule has 0 rings (SSSR count). The Kier molecular flexibility index (Phi) is 95.8. The van der Waals surface area contributed by atoms with Crippen LogP contribution >= 0.6 is 0 Å². The number of hydrogen-bond acceptors (Lipinski definition) is 0. The summed E-state index contributed by atoms with van der Waals surface area (Å²) in [7, 11) is 0. The van der Waals surface area contributed by atoms with Gasteiger partial charge in [-0.25, -0.2) is 0 Å². The quantitative estimate of drug-likeness (QED) is 0.183. The standard InChI is InChI=1S/6C9H20.10CH4/c6*1-6-8(7-2)9(3,4)5;;;;;;;;;;/h6*8H,6-7H2,1-5H3;10*1H4. The molecule has 0 radical (unpaired) electrons. The Bertz CT molecular complexity index is 546. The minimum absolute atomic E-state index is 0. The maximum atomic E-state index is 2.32. The minimum atomic E-state index is 0. The molecule has 0 aliphatic heterocycles. The van der Waals surface area contributed by atoms with E-state index in [0.29, 0.717) is 32.5 Å². The lowest BCUT2D eigenvalue weighted by molar-refractivity contribution is 0.226. The summed E-state index contributed by atoms with van der Waals surface area (Å²) in [5.74, 6) is 5.40. The molecular weight excluding hydrogens is 769 g/mol. The Balaban J connectivity index is -0.0000000299. The lowest BCUT2D eigenvalue weighted by Crippen LogP contribution is -2.18. The van der Waals surface area contributed by atoms with E-state index >= 15 is 0 Å². The fourth-order valence-corrected chi connectivity index (χ4v) is 9.08. The summed E-state index contributed by atoms with van der Waals surface area (Å²) in [6, 6.07) is 0. The molecule has 0 aliphatic rings. The van der Waals surface area contributed by atoms with E-state index in [0.717, 1.165) is 35.5 Å². The first-order chi connectivity index (χ1) is 24.1. The van der Waals surface area contributed by atoms with Crippen molar-refractivity contribution in [3.8, 4) is 0 Å². The summed E-state index contributed by atoms with van der Waals surface area (Å²) < 4.78 is 0. The molecule has 0 atom stereocenters. The maximum Gasteiger partial charge on any atom is -0.0354 e. The van der Waals surface area contributed by atoms with Gasteiger partial charge in [0.1, 0.15) is 0 Å². The largest absolute Gasteiger partial charge is 0.0776 e.